The fourth-order valence-electron chi connectivity index (χ4n) is 2.39. The van der Waals surface area contributed by atoms with Crippen molar-refractivity contribution in [1.82, 2.24) is 10.3 Å². The van der Waals surface area contributed by atoms with E-state index < -0.39 is 0 Å². The smallest absolute Gasteiger partial charge is 0.0340 e. The molecule has 0 radical (unpaired) electrons. The minimum atomic E-state index is 0.583. The molecule has 0 saturated heterocycles. The summed E-state index contributed by atoms with van der Waals surface area (Å²) in [6.07, 6.45) is 6.96. The molecule has 2 atom stereocenters. The first kappa shape index (κ1) is 9.78. The molecular formula is C12H20N2. The lowest BCUT2D eigenvalue weighted by molar-refractivity contribution is 0.374. The normalized spacial score (nSPS) is 26.1. The van der Waals surface area contributed by atoms with Crippen molar-refractivity contribution in [3.63, 3.8) is 0 Å². The van der Waals surface area contributed by atoms with Gasteiger partial charge in [-0.05, 0) is 24.5 Å². The molecular weight excluding hydrogens is 172 g/mol. The van der Waals surface area contributed by atoms with Gasteiger partial charge in [0.2, 0.25) is 0 Å². The molecule has 2 N–H and O–H groups in total. The monoisotopic (exact) mass is 192 g/mol. The third-order valence-corrected chi connectivity index (χ3v) is 3.20. The van der Waals surface area contributed by atoms with Crippen molar-refractivity contribution >= 4 is 0 Å². The Morgan fingerprint density at radius 2 is 2.29 bits per heavy atom. The molecule has 0 amide bonds. The molecule has 14 heavy (non-hydrogen) atoms. The second-order valence-electron chi connectivity index (χ2n) is 4.23. The van der Waals surface area contributed by atoms with Gasteiger partial charge in [0.25, 0.3) is 0 Å². The third-order valence-electron chi connectivity index (χ3n) is 3.20. The summed E-state index contributed by atoms with van der Waals surface area (Å²) in [6.45, 7) is 4.51. The van der Waals surface area contributed by atoms with Crippen LogP contribution in [0.5, 0.6) is 0 Å². The van der Waals surface area contributed by atoms with Gasteiger partial charge in [-0.3, -0.25) is 0 Å². The van der Waals surface area contributed by atoms with E-state index in [1.807, 2.05) is 0 Å². The number of fused-ring (bicyclic) bond motifs is 1. The van der Waals surface area contributed by atoms with Crippen molar-refractivity contribution in [3.05, 3.63) is 23.5 Å². The predicted molar refractivity (Wildman–Crippen MR) is 59.4 cm³/mol. The van der Waals surface area contributed by atoms with E-state index in [2.05, 4.69) is 36.4 Å². The summed E-state index contributed by atoms with van der Waals surface area (Å²) in [5.74, 6) is 0. The van der Waals surface area contributed by atoms with Crippen LogP contribution in [-0.2, 0) is 6.42 Å². The fourth-order valence-corrected chi connectivity index (χ4v) is 2.39. The molecule has 1 aromatic rings. The molecule has 2 nitrogen and oxygen atoms in total. The highest BCUT2D eigenvalue weighted by atomic mass is 15.0. The fraction of sp³-hybridized carbons (Fsp3) is 0.667. The first-order chi connectivity index (χ1) is 6.85. The average Bonchev–Trinajstić information content (AvgIpc) is 2.66. The van der Waals surface area contributed by atoms with Gasteiger partial charge in [0.05, 0.1) is 0 Å². The molecule has 0 saturated carbocycles. The number of H-pyrrole nitrogens is 1. The van der Waals surface area contributed by atoms with Gasteiger partial charge in [-0.1, -0.05) is 20.3 Å². The van der Waals surface area contributed by atoms with Crippen molar-refractivity contribution in [1.29, 1.82) is 0 Å². The SMILES string of the molecule is CCC[C@H]1N[C@H](CC)Cc2[nH]ccc21. The van der Waals surface area contributed by atoms with E-state index >= 15 is 0 Å². The predicted octanol–water partition coefficient (Wildman–Crippen LogP) is 2.78. The van der Waals surface area contributed by atoms with Crippen LogP contribution >= 0.6 is 0 Å². The third kappa shape index (κ3) is 1.71. The summed E-state index contributed by atoms with van der Waals surface area (Å²) in [5, 5.41) is 3.73. The topological polar surface area (TPSA) is 27.8 Å². The highest BCUT2D eigenvalue weighted by Gasteiger charge is 2.24. The Morgan fingerprint density at radius 1 is 1.43 bits per heavy atom. The molecule has 0 aromatic carbocycles. The van der Waals surface area contributed by atoms with Gasteiger partial charge in [-0.15, -0.1) is 0 Å². The molecule has 1 aliphatic heterocycles. The van der Waals surface area contributed by atoms with Crippen LogP contribution in [0.3, 0.4) is 0 Å². The minimum Gasteiger partial charge on any atom is -0.365 e. The summed E-state index contributed by atoms with van der Waals surface area (Å²) >= 11 is 0. The van der Waals surface area contributed by atoms with E-state index in [9.17, 15) is 0 Å². The summed E-state index contributed by atoms with van der Waals surface area (Å²) in [4.78, 5) is 3.37. The Bertz CT molecular complexity index is 290. The second kappa shape index (κ2) is 4.18. The molecule has 78 valence electrons. The van der Waals surface area contributed by atoms with Crippen LogP contribution in [-0.4, -0.2) is 11.0 Å². The molecule has 1 aromatic heterocycles. The molecule has 0 bridgehead atoms. The van der Waals surface area contributed by atoms with E-state index in [0.29, 0.717) is 12.1 Å². The number of aromatic nitrogens is 1. The second-order valence-corrected chi connectivity index (χ2v) is 4.23. The van der Waals surface area contributed by atoms with E-state index in [1.165, 1.54) is 36.9 Å². The van der Waals surface area contributed by atoms with Gasteiger partial charge in [0, 0.05) is 30.4 Å². The maximum Gasteiger partial charge on any atom is 0.0340 e. The Labute approximate surface area is 86.1 Å². The van der Waals surface area contributed by atoms with E-state index in [1.54, 1.807) is 0 Å². The van der Waals surface area contributed by atoms with Crippen molar-refractivity contribution in [3.8, 4) is 0 Å². The van der Waals surface area contributed by atoms with E-state index in [0.717, 1.165) is 0 Å². The Kier molecular flexibility index (Phi) is 2.92. The molecule has 0 spiro atoms. The number of nitrogens with one attached hydrogen (secondary N) is 2. The maximum atomic E-state index is 3.73. The molecule has 1 aliphatic rings. The lowest BCUT2D eigenvalue weighted by Gasteiger charge is -2.30. The standard InChI is InChI=1S/C12H20N2/c1-3-5-11-10-6-7-13-12(10)8-9(4-2)14-11/h6-7,9,11,13-14H,3-5,8H2,1-2H3/t9-,11-/m1/s1. The van der Waals surface area contributed by atoms with Gasteiger partial charge < -0.3 is 10.3 Å². The van der Waals surface area contributed by atoms with Crippen molar-refractivity contribution in [2.45, 2.75) is 51.6 Å². The van der Waals surface area contributed by atoms with Crippen molar-refractivity contribution in [2.24, 2.45) is 0 Å². The molecule has 2 rings (SSSR count). The number of hydrogen-bond donors (Lipinski definition) is 2. The van der Waals surface area contributed by atoms with Crippen molar-refractivity contribution < 1.29 is 0 Å². The molecule has 0 aliphatic carbocycles. The summed E-state index contributed by atoms with van der Waals surface area (Å²) in [5.41, 5.74) is 2.95. The van der Waals surface area contributed by atoms with Gasteiger partial charge in [-0.25, -0.2) is 0 Å². The van der Waals surface area contributed by atoms with Crippen LogP contribution in [0.1, 0.15) is 50.4 Å². The first-order valence-corrected chi connectivity index (χ1v) is 5.77. The van der Waals surface area contributed by atoms with Gasteiger partial charge in [0.15, 0.2) is 0 Å². The Balaban J connectivity index is 2.19. The van der Waals surface area contributed by atoms with Gasteiger partial charge >= 0.3 is 0 Å². The van der Waals surface area contributed by atoms with E-state index in [4.69, 9.17) is 0 Å². The zero-order valence-electron chi connectivity index (χ0n) is 9.14. The maximum absolute atomic E-state index is 3.73. The zero-order valence-corrected chi connectivity index (χ0v) is 9.14. The highest BCUT2D eigenvalue weighted by molar-refractivity contribution is 5.28. The zero-order chi connectivity index (χ0) is 9.97. The Morgan fingerprint density at radius 3 is 3.00 bits per heavy atom. The van der Waals surface area contributed by atoms with Crippen LogP contribution in [0.25, 0.3) is 0 Å². The highest BCUT2D eigenvalue weighted by Crippen LogP contribution is 2.28. The summed E-state index contributed by atoms with van der Waals surface area (Å²) in [7, 11) is 0. The van der Waals surface area contributed by atoms with Crippen LogP contribution in [0.15, 0.2) is 12.3 Å². The molecule has 2 heterocycles. The van der Waals surface area contributed by atoms with Crippen LogP contribution in [0.4, 0.5) is 0 Å². The van der Waals surface area contributed by atoms with Crippen LogP contribution in [0, 0.1) is 0 Å². The number of hydrogen-bond acceptors (Lipinski definition) is 1. The van der Waals surface area contributed by atoms with E-state index in [-0.39, 0.29) is 0 Å². The first-order valence-electron chi connectivity index (χ1n) is 5.77. The number of rotatable bonds is 3. The minimum absolute atomic E-state index is 0.583. The van der Waals surface area contributed by atoms with Crippen LogP contribution in [0.2, 0.25) is 0 Å². The van der Waals surface area contributed by atoms with Gasteiger partial charge in [0.1, 0.15) is 0 Å². The lowest BCUT2D eigenvalue weighted by atomic mass is 9.92. The van der Waals surface area contributed by atoms with Crippen molar-refractivity contribution in [2.75, 3.05) is 0 Å². The largest absolute Gasteiger partial charge is 0.365 e. The quantitative estimate of drug-likeness (QED) is 0.757. The Hall–Kier alpha value is -0.760. The average molecular weight is 192 g/mol. The summed E-state index contributed by atoms with van der Waals surface area (Å²) in [6, 6.07) is 3.48. The van der Waals surface area contributed by atoms with Gasteiger partial charge in [-0.2, -0.15) is 0 Å². The lowest BCUT2D eigenvalue weighted by Crippen LogP contribution is -2.38. The molecule has 0 unspecified atom stereocenters. The number of aromatic amines is 1. The van der Waals surface area contributed by atoms with Crippen LogP contribution < -0.4 is 5.32 Å². The molecule has 2 heteroatoms. The summed E-state index contributed by atoms with van der Waals surface area (Å²) < 4.78 is 0. The molecule has 0 fully saturated rings.